The first-order valence-corrected chi connectivity index (χ1v) is 3.51. The third kappa shape index (κ3) is 2.17. The molecule has 1 aromatic carbocycles. The van der Waals surface area contributed by atoms with E-state index in [1.807, 2.05) is 0 Å². The second kappa shape index (κ2) is 3.88. The van der Waals surface area contributed by atoms with Gasteiger partial charge in [0.1, 0.15) is 5.75 Å². The lowest BCUT2D eigenvalue weighted by Crippen LogP contribution is -2.22. The summed E-state index contributed by atoms with van der Waals surface area (Å²) in [7, 11) is 1.50. The van der Waals surface area contributed by atoms with Gasteiger partial charge in [0, 0.05) is 5.56 Å². The normalized spacial score (nSPS) is 9.46. The molecule has 0 aliphatic carbocycles. The second-order valence-electron chi connectivity index (χ2n) is 2.32. The number of ether oxygens (including phenoxy) is 1. The van der Waals surface area contributed by atoms with E-state index in [-0.39, 0.29) is 5.56 Å². The summed E-state index contributed by atoms with van der Waals surface area (Å²) >= 11 is 0. The number of hydrogen-bond acceptors (Lipinski definition) is 4. The van der Waals surface area contributed by atoms with Crippen molar-refractivity contribution in [3.8, 4) is 5.75 Å². The van der Waals surface area contributed by atoms with E-state index in [0.29, 0.717) is 5.75 Å². The summed E-state index contributed by atoms with van der Waals surface area (Å²) in [6.45, 7) is 0. The summed E-state index contributed by atoms with van der Waals surface area (Å²) < 4.78 is 4.86. The Morgan fingerprint density at radius 1 is 1.31 bits per heavy atom. The standard InChI is InChI=1S/C8H9NO4/c1-13-7-4-2-6(3-5-7)8(10)9(11)12/h2-5,11-12H,1H3. The Kier molecular flexibility index (Phi) is 2.84. The molecule has 1 rings (SSSR count). The second-order valence-corrected chi connectivity index (χ2v) is 2.32. The van der Waals surface area contributed by atoms with Crippen LogP contribution >= 0.6 is 0 Å². The van der Waals surface area contributed by atoms with Gasteiger partial charge >= 0.3 is 5.91 Å². The zero-order chi connectivity index (χ0) is 9.84. The van der Waals surface area contributed by atoms with Gasteiger partial charge in [-0.25, -0.2) is 0 Å². The molecule has 0 radical (unpaired) electrons. The van der Waals surface area contributed by atoms with Crippen molar-refractivity contribution in [2.45, 2.75) is 0 Å². The molecule has 0 bridgehead atoms. The summed E-state index contributed by atoms with van der Waals surface area (Å²) in [5.41, 5.74) is 0.172. The van der Waals surface area contributed by atoms with Crippen LogP contribution in [0.3, 0.4) is 0 Å². The summed E-state index contributed by atoms with van der Waals surface area (Å²) in [6, 6.07) is 5.97. The van der Waals surface area contributed by atoms with Crippen LogP contribution in [0.1, 0.15) is 10.4 Å². The quantitative estimate of drug-likeness (QED) is 0.528. The molecule has 0 aliphatic heterocycles. The molecule has 0 fully saturated rings. The van der Waals surface area contributed by atoms with Crippen molar-refractivity contribution < 1.29 is 19.9 Å². The molecule has 0 unspecified atom stereocenters. The predicted molar refractivity (Wildman–Crippen MR) is 42.7 cm³/mol. The molecule has 0 atom stereocenters. The SMILES string of the molecule is COc1ccc(C(=O)N(O)O)cc1. The van der Waals surface area contributed by atoms with E-state index in [1.54, 1.807) is 12.1 Å². The predicted octanol–water partition coefficient (Wildman–Crippen LogP) is 0.916. The highest BCUT2D eigenvalue weighted by Crippen LogP contribution is 2.11. The van der Waals surface area contributed by atoms with E-state index >= 15 is 0 Å². The van der Waals surface area contributed by atoms with Crippen LogP contribution in [0.15, 0.2) is 24.3 Å². The first kappa shape index (κ1) is 9.50. The summed E-state index contributed by atoms with van der Waals surface area (Å²) in [5.74, 6) is -0.290. The Labute approximate surface area is 74.7 Å². The Balaban J connectivity index is 2.86. The van der Waals surface area contributed by atoms with E-state index in [9.17, 15) is 4.79 Å². The fourth-order valence-corrected chi connectivity index (χ4v) is 0.849. The zero-order valence-corrected chi connectivity index (χ0v) is 6.97. The van der Waals surface area contributed by atoms with E-state index in [2.05, 4.69) is 0 Å². The molecule has 70 valence electrons. The number of carbonyl (C=O) groups excluding carboxylic acids is 1. The Morgan fingerprint density at radius 3 is 2.23 bits per heavy atom. The molecule has 0 aliphatic rings. The monoisotopic (exact) mass is 183 g/mol. The molecule has 0 saturated carbocycles. The number of amides is 1. The molecule has 0 spiro atoms. The smallest absolute Gasteiger partial charge is 0.303 e. The largest absolute Gasteiger partial charge is 0.497 e. The molecule has 5 nitrogen and oxygen atoms in total. The molecule has 2 N–H and O–H groups in total. The maximum atomic E-state index is 10.9. The third-order valence-electron chi connectivity index (χ3n) is 1.52. The third-order valence-corrected chi connectivity index (χ3v) is 1.52. The highest BCUT2D eigenvalue weighted by Gasteiger charge is 2.10. The van der Waals surface area contributed by atoms with Crippen LogP contribution < -0.4 is 4.74 Å². The lowest BCUT2D eigenvalue weighted by Gasteiger charge is -2.06. The van der Waals surface area contributed by atoms with Gasteiger partial charge in [0.2, 0.25) is 0 Å². The van der Waals surface area contributed by atoms with Gasteiger partial charge in [-0.05, 0) is 24.3 Å². The van der Waals surface area contributed by atoms with Crippen molar-refractivity contribution in [1.29, 1.82) is 0 Å². The highest BCUT2D eigenvalue weighted by atomic mass is 16.8. The summed E-state index contributed by atoms with van der Waals surface area (Å²) in [6.07, 6.45) is 0. The molecule has 13 heavy (non-hydrogen) atoms. The van der Waals surface area contributed by atoms with E-state index in [4.69, 9.17) is 15.2 Å². The number of benzene rings is 1. The molecule has 1 amide bonds. The van der Waals surface area contributed by atoms with Crippen molar-refractivity contribution >= 4 is 5.91 Å². The number of methoxy groups -OCH3 is 1. The van der Waals surface area contributed by atoms with E-state index in [1.165, 1.54) is 19.2 Å². The van der Waals surface area contributed by atoms with Gasteiger partial charge in [-0.2, -0.15) is 0 Å². The van der Waals surface area contributed by atoms with Crippen LogP contribution in [0.2, 0.25) is 0 Å². The topological polar surface area (TPSA) is 70.0 Å². The Hall–Kier alpha value is -1.59. The fourth-order valence-electron chi connectivity index (χ4n) is 0.849. The minimum absolute atomic E-state index is 0.172. The maximum Gasteiger partial charge on any atom is 0.303 e. The van der Waals surface area contributed by atoms with Gasteiger partial charge in [-0.3, -0.25) is 15.2 Å². The molecular formula is C8H9NO4. The molecule has 1 aromatic rings. The molecule has 0 saturated heterocycles. The van der Waals surface area contributed by atoms with Gasteiger partial charge in [0.25, 0.3) is 0 Å². The van der Waals surface area contributed by atoms with E-state index in [0.717, 1.165) is 0 Å². The van der Waals surface area contributed by atoms with Crippen molar-refractivity contribution in [2.75, 3.05) is 7.11 Å². The number of carbonyl (C=O) groups is 1. The number of hydroxylamine groups is 2. The van der Waals surface area contributed by atoms with E-state index < -0.39 is 11.1 Å². The number of nitrogens with zero attached hydrogens (tertiary/aromatic N) is 1. The van der Waals surface area contributed by atoms with Crippen molar-refractivity contribution in [3.05, 3.63) is 29.8 Å². The summed E-state index contributed by atoms with van der Waals surface area (Å²) in [4.78, 5) is 10.9. The molecular weight excluding hydrogens is 174 g/mol. The van der Waals surface area contributed by atoms with Crippen LogP contribution in [-0.2, 0) is 0 Å². The van der Waals surface area contributed by atoms with Crippen LogP contribution in [-0.4, -0.2) is 28.7 Å². The average molecular weight is 183 g/mol. The van der Waals surface area contributed by atoms with Crippen molar-refractivity contribution in [2.24, 2.45) is 0 Å². The molecule has 0 heterocycles. The van der Waals surface area contributed by atoms with Gasteiger partial charge < -0.3 is 4.74 Å². The van der Waals surface area contributed by atoms with Gasteiger partial charge in [0.05, 0.1) is 7.11 Å². The van der Waals surface area contributed by atoms with Crippen LogP contribution in [0, 0.1) is 0 Å². The number of hydrogen-bond donors (Lipinski definition) is 2. The zero-order valence-electron chi connectivity index (χ0n) is 6.97. The lowest BCUT2D eigenvalue weighted by molar-refractivity contribution is -0.260. The van der Waals surface area contributed by atoms with Crippen molar-refractivity contribution in [3.63, 3.8) is 0 Å². The van der Waals surface area contributed by atoms with Gasteiger partial charge in [0.15, 0.2) is 0 Å². The van der Waals surface area contributed by atoms with Gasteiger partial charge in [-0.1, -0.05) is 5.23 Å². The van der Waals surface area contributed by atoms with Crippen LogP contribution in [0.4, 0.5) is 0 Å². The Bertz CT molecular complexity index is 294. The maximum absolute atomic E-state index is 10.9. The van der Waals surface area contributed by atoms with Gasteiger partial charge in [-0.15, -0.1) is 0 Å². The lowest BCUT2D eigenvalue weighted by atomic mass is 10.2. The first-order chi connectivity index (χ1) is 6.15. The Morgan fingerprint density at radius 2 is 1.85 bits per heavy atom. The highest BCUT2D eigenvalue weighted by molar-refractivity contribution is 5.92. The average Bonchev–Trinajstić information content (AvgIpc) is 2.17. The minimum atomic E-state index is -0.886. The number of rotatable bonds is 2. The first-order valence-electron chi connectivity index (χ1n) is 3.51. The fraction of sp³-hybridized carbons (Fsp3) is 0.125. The summed E-state index contributed by atoms with van der Waals surface area (Å²) in [5, 5.41) is 16.4. The molecule has 5 heteroatoms. The van der Waals surface area contributed by atoms with Crippen molar-refractivity contribution in [1.82, 2.24) is 5.23 Å². The minimum Gasteiger partial charge on any atom is -0.497 e. The van der Waals surface area contributed by atoms with Crippen LogP contribution in [0.5, 0.6) is 5.75 Å². The molecule has 0 aromatic heterocycles. The van der Waals surface area contributed by atoms with Crippen LogP contribution in [0.25, 0.3) is 0 Å².